The summed E-state index contributed by atoms with van der Waals surface area (Å²) < 4.78 is 0. The summed E-state index contributed by atoms with van der Waals surface area (Å²) in [7, 11) is 2.23. The van der Waals surface area contributed by atoms with E-state index in [1.165, 1.54) is 11.3 Å². The largest absolute Gasteiger partial charge is 0.368 e. The molecule has 112 valence electrons. The lowest BCUT2D eigenvalue weighted by Gasteiger charge is -2.46. The smallest absolute Gasteiger partial charge is 0.0412 e. The molecule has 1 aliphatic heterocycles. The molecule has 0 spiro atoms. The van der Waals surface area contributed by atoms with Gasteiger partial charge in [0.15, 0.2) is 0 Å². The van der Waals surface area contributed by atoms with E-state index in [-0.39, 0.29) is 5.54 Å². The minimum atomic E-state index is 0.233. The number of benzene rings is 1. The molecule has 1 aliphatic rings. The van der Waals surface area contributed by atoms with Gasteiger partial charge in [-0.3, -0.25) is 4.90 Å². The second kappa shape index (κ2) is 6.15. The quantitative estimate of drug-likeness (QED) is 0.911. The van der Waals surface area contributed by atoms with Crippen LogP contribution in [0.2, 0.25) is 0 Å². The van der Waals surface area contributed by atoms with E-state index in [1.807, 2.05) is 0 Å². The summed E-state index contributed by atoms with van der Waals surface area (Å²) in [6, 6.07) is 9.32. The molecule has 0 aliphatic carbocycles. The molecule has 0 unspecified atom stereocenters. The maximum Gasteiger partial charge on any atom is 0.0412 e. The fraction of sp³-hybridized carbons (Fsp3) is 0.647. The topological polar surface area (TPSA) is 18.5 Å². The third kappa shape index (κ3) is 3.53. The summed E-state index contributed by atoms with van der Waals surface area (Å²) in [6.07, 6.45) is 0. The van der Waals surface area contributed by atoms with Crippen LogP contribution < -0.4 is 10.2 Å². The lowest BCUT2D eigenvalue weighted by molar-refractivity contribution is 0.139. The van der Waals surface area contributed by atoms with Crippen molar-refractivity contribution in [2.75, 3.05) is 31.6 Å². The molecule has 0 bridgehead atoms. The van der Waals surface area contributed by atoms with Crippen LogP contribution in [0.25, 0.3) is 0 Å². The number of rotatable bonds is 4. The first-order chi connectivity index (χ1) is 9.40. The standard InChI is InChI=1S/C17H29N3/c1-14(2)18-12-15-8-6-7-9-16(15)20-11-10-19(5)17(3,4)13-20/h6-9,14,18H,10-13H2,1-5H3. The monoisotopic (exact) mass is 275 g/mol. The Balaban J connectivity index is 2.16. The van der Waals surface area contributed by atoms with Gasteiger partial charge in [0.2, 0.25) is 0 Å². The van der Waals surface area contributed by atoms with Crippen molar-refractivity contribution in [3.63, 3.8) is 0 Å². The second-order valence-corrected chi connectivity index (χ2v) is 6.82. The van der Waals surface area contributed by atoms with Crippen LogP contribution in [0.15, 0.2) is 24.3 Å². The number of anilines is 1. The van der Waals surface area contributed by atoms with Gasteiger partial charge in [-0.15, -0.1) is 0 Å². The average Bonchev–Trinajstić information content (AvgIpc) is 2.40. The number of nitrogens with zero attached hydrogens (tertiary/aromatic N) is 2. The molecule has 0 radical (unpaired) electrons. The highest BCUT2D eigenvalue weighted by Gasteiger charge is 2.31. The van der Waals surface area contributed by atoms with Crippen LogP contribution in [0.4, 0.5) is 5.69 Å². The van der Waals surface area contributed by atoms with Crippen molar-refractivity contribution >= 4 is 5.69 Å². The Hall–Kier alpha value is -1.06. The summed E-state index contributed by atoms with van der Waals surface area (Å²) in [5, 5.41) is 3.53. The molecule has 1 heterocycles. The molecule has 1 aromatic rings. The predicted octanol–water partition coefficient (Wildman–Crippen LogP) is 2.72. The fourth-order valence-electron chi connectivity index (χ4n) is 2.73. The Morgan fingerprint density at radius 3 is 2.55 bits per heavy atom. The zero-order valence-electron chi connectivity index (χ0n) is 13.6. The number of para-hydroxylation sites is 1. The maximum absolute atomic E-state index is 3.53. The van der Waals surface area contributed by atoms with Crippen LogP contribution in [0.1, 0.15) is 33.3 Å². The summed E-state index contributed by atoms with van der Waals surface area (Å²) in [5.41, 5.74) is 3.03. The molecular weight excluding hydrogens is 246 g/mol. The Morgan fingerprint density at radius 2 is 1.90 bits per heavy atom. The number of hydrogen-bond donors (Lipinski definition) is 1. The van der Waals surface area contributed by atoms with E-state index in [9.17, 15) is 0 Å². The van der Waals surface area contributed by atoms with Gasteiger partial charge in [-0.05, 0) is 32.5 Å². The Labute approximate surface area is 124 Å². The Morgan fingerprint density at radius 1 is 1.20 bits per heavy atom. The Kier molecular flexibility index (Phi) is 4.71. The van der Waals surface area contributed by atoms with Crippen LogP contribution >= 0.6 is 0 Å². The highest BCUT2D eigenvalue weighted by Crippen LogP contribution is 2.27. The van der Waals surface area contributed by atoms with Crippen LogP contribution in [0.3, 0.4) is 0 Å². The van der Waals surface area contributed by atoms with Gasteiger partial charge in [-0.25, -0.2) is 0 Å². The van der Waals surface area contributed by atoms with Gasteiger partial charge in [0.05, 0.1) is 0 Å². The molecule has 0 amide bonds. The molecule has 1 N–H and O–H groups in total. The minimum absolute atomic E-state index is 0.233. The first-order valence-corrected chi connectivity index (χ1v) is 7.67. The van der Waals surface area contributed by atoms with E-state index in [0.29, 0.717) is 6.04 Å². The molecule has 1 fully saturated rings. The van der Waals surface area contributed by atoms with Gasteiger partial charge in [0.25, 0.3) is 0 Å². The normalized spacial score (nSPS) is 19.6. The van der Waals surface area contributed by atoms with E-state index in [4.69, 9.17) is 0 Å². The zero-order valence-corrected chi connectivity index (χ0v) is 13.6. The molecule has 1 aromatic carbocycles. The van der Waals surface area contributed by atoms with Crippen molar-refractivity contribution in [3.05, 3.63) is 29.8 Å². The summed E-state index contributed by atoms with van der Waals surface area (Å²) >= 11 is 0. The second-order valence-electron chi connectivity index (χ2n) is 6.82. The van der Waals surface area contributed by atoms with Gasteiger partial charge < -0.3 is 10.2 Å². The Bertz CT molecular complexity index is 440. The number of likely N-dealkylation sites (N-methyl/N-ethyl adjacent to an activating group) is 1. The first kappa shape index (κ1) is 15.3. The summed E-state index contributed by atoms with van der Waals surface area (Å²) in [5.74, 6) is 0. The van der Waals surface area contributed by atoms with Gasteiger partial charge >= 0.3 is 0 Å². The van der Waals surface area contributed by atoms with Gasteiger partial charge in [-0.1, -0.05) is 32.0 Å². The molecule has 3 heteroatoms. The molecule has 0 saturated carbocycles. The molecule has 0 aromatic heterocycles. The van der Waals surface area contributed by atoms with Crippen LogP contribution in [-0.4, -0.2) is 43.2 Å². The van der Waals surface area contributed by atoms with E-state index in [2.05, 4.69) is 74.1 Å². The minimum Gasteiger partial charge on any atom is -0.368 e. The molecule has 1 saturated heterocycles. The van der Waals surface area contributed by atoms with Crippen molar-refractivity contribution in [3.8, 4) is 0 Å². The van der Waals surface area contributed by atoms with Gasteiger partial charge in [-0.2, -0.15) is 0 Å². The van der Waals surface area contributed by atoms with Crippen molar-refractivity contribution in [1.82, 2.24) is 10.2 Å². The van der Waals surface area contributed by atoms with Crippen molar-refractivity contribution in [2.24, 2.45) is 0 Å². The number of hydrogen-bond acceptors (Lipinski definition) is 3. The van der Waals surface area contributed by atoms with Crippen LogP contribution in [0.5, 0.6) is 0 Å². The maximum atomic E-state index is 3.53. The summed E-state index contributed by atoms with van der Waals surface area (Å²) in [4.78, 5) is 5.00. The van der Waals surface area contributed by atoms with Crippen molar-refractivity contribution < 1.29 is 0 Å². The fourth-order valence-corrected chi connectivity index (χ4v) is 2.73. The van der Waals surface area contributed by atoms with Crippen LogP contribution in [0, 0.1) is 0 Å². The zero-order chi connectivity index (χ0) is 14.8. The molecule has 0 atom stereocenters. The summed E-state index contributed by atoms with van der Waals surface area (Å²) in [6.45, 7) is 13.3. The average molecular weight is 275 g/mol. The van der Waals surface area contributed by atoms with Crippen molar-refractivity contribution in [2.45, 2.75) is 45.8 Å². The molecule has 2 rings (SSSR count). The number of nitrogens with one attached hydrogen (secondary N) is 1. The first-order valence-electron chi connectivity index (χ1n) is 7.67. The lowest BCUT2D eigenvalue weighted by Crippen LogP contribution is -2.57. The predicted molar refractivity (Wildman–Crippen MR) is 87.3 cm³/mol. The van der Waals surface area contributed by atoms with Crippen LogP contribution in [-0.2, 0) is 6.54 Å². The van der Waals surface area contributed by atoms with Gasteiger partial charge in [0, 0.05) is 43.4 Å². The van der Waals surface area contributed by atoms with E-state index in [0.717, 1.165) is 26.2 Å². The SMILES string of the molecule is CC(C)NCc1ccccc1N1CCN(C)C(C)(C)C1. The molecule has 20 heavy (non-hydrogen) atoms. The molecule has 3 nitrogen and oxygen atoms in total. The van der Waals surface area contributed by atoms with E-state index < -0.39 is 0 Å². The molecular formula is C17H29N3. The third-order valence-corrected chi connectivity index (χ3v) is 4.35. The highest BCUT2D eigenvalue weighted by molar-refractivity contribution is 5.54. The highest BCUT2D eigenvalue weighted by atomic mass is 15.3. The van der Waals surface area contributed by atoms with E-state index >= 15 is 0 Å². The third-order valence-electron chi connectivity index (χ3n) is 4.35. The lowest BCUT2D eigenvalue weighted by atomic mass is 9.98. The number of piperazine rings is 1. The van der Waals surface area contributed by atoms with E-state index in [1.54, 1.807) is 0 Å². The van der Waals surface area contributed by atoms with Gasteiger partial charge in [0.1, 0.15) is 0 Å². The van der Waals surface area contributed by atoms with Crippen molar-refractivity contribution in [1.29, 1.82) is 0 Å².